The lowest BCUT2D eigenvalue weighted by molar-refractivity contribution is -0.138. The molecule has 2 rings (SSSR count). The van der Waals surface area contributed by atoms with Gasteiger partial charge in [0.15, 0.2) is 5.82 Å². The zero-order valence-electron chi connectivity index (χ0n) is 17.5. The van der Waals surface area contributed by atoms with Gasteiger partial charge in [-0.05, 0) is 32.8 Å². The van der Waals surface area contributed by atoms with Gasteiger partial charge < -0.3 is 10.6 Å². The van der Waals surface area contributed by atoms with Gasteiger partial charge in [-0.15, -0.1) is 0 Å². The number of rotatable bonds is 5. The van der Waals surface area contributed by atoms with Crippen LogP contribution in [0, 0.1) is 0 Å². The molecule has 2 N–H and O–H groups in total. The Morgan fingerprint density at radius 3 is 2.42 bits per heavy atom. The minimum atomic E-state index is -5.12. The summed E-state index contributed by atoms with van der Waals surface area (Å²) in [5.74, 6) is -1.20. The monoisotopic (exact) mass is 365 g/mol. The van der Waals surface area contributed by atoms with Crippen molar-refractivity contribution in [3.05, 3.63) is 23.3 Å². The predicted octanol–water partition coefficient (Wildman–Crippen LogP) is 3.77. The van der Waals surface area contributed by atoms with Crippen molar-refractivity contribution in [3.8, 4) is 11.5 Å². The van der Waals surface area contributed by atoms with Gasteiger partial charge in [-0.25, -0.2) is 4.98 Å². The van der Waals surface area contributed by atoms with E-state index in [4.69, 9.17) is 18.5 Å². The maximum absolute atomic E-state index is 13.2. The Bertz CT molecular complexity index is 874. The molecule has 0 aliphatic heterocycles. The van der Waals surface area contributed by atoms with E-state index in [0.29, 0.717) is 0 Å². The van der Waals surface area contributed by atoms with Crippen LogP contribution >= 0.6 is 11.6 Å². The van der Waals surface area contributed by atoms with Crippen LogP contribution in [0.3, 0.4) is 0 Å². The fraction of sp³-hybridized carbons (Fsp3) is 0.429. The molecule has 24 heavy (non-hydrogen) atoms. The lowest BCUT2D eigenvalue weighted by Crippen LogP contribution is -2.34. The molecule has 0 saturated carbocycles. The number of nitrogens with one attached hydrogen (secondary N) is 2. The van der Waals surface area contributed by atoms with Crippen LogP contribution in [0.4, 0.5) is 25.1 Å². The molecule has 0 fully saturated rings. The van der Waals surface area contributed by atoms with Crippen molar-refractivity contribution in [3.63, 3.8) is 0 Å². The first-order valence-electron chi connectivity index (χ1n) is 9.07. The Morgan fingerprint density at radius 2 is 1.88 bits per heavy atom. The third-order valence-electron chi connectivity index (χ3n) is 2.49. The highest BCUT2D eigenvalue weighted by Crippen LogP contribution is 2.24. The van der Waals surface area contributed by atoms with Crippen molar-refractivity contribution in [2.24, 2.45) is 0 Å². The SMILES string of the molecule is [2H]c1ccc(-c2nc(N[C@H](C([2H])([2H])[2H])C(F)(F)F)nc(NC([2H])(C)C)n2)nc1Cl. The van der Waals surface area contributed by atoms with Crippen LogP contribution in [0.1, 0.15) is 27.6 Å². The van der Waals surface area contributed by atoms with E-state index < -0.39 is 31.0 Å². The Labute approximate surface area is 148 Å². The van der Waals surface area contributed by atoms with Crippen molar-refractivity contribution in [1.82, 2.24) is 19.9 Å². The van der Waals surface area contributed by atoms with Gasteiger partial charge >= 0.3 is 6.18 Å². The quantitative estimate of drug-likeness (QED) is 0.785. The van der Waals surface area contributed by atoms with Gasteiger partial charge in [-0.3, -0.25) is 0 Å². The molecule has 0 saturated heterocycles. The molecule has 130 valence electrons. The molecule has 1 atom stereocenters. The summed E-state index contributed by atoms with van der Waals surface area (Å²) in [6.07, 6.45) is -5.12. The number of aromatic nitrogens is 4. The summed E-state index contributed by atoms with van der Waals surface area (Å²) in [6, 6.07) is -1.74. The average Bonchev–Trinajstić information content (AvgIpc) is 2.51. The summed E-state index contributed by atoms with van der Waals surface area (Å²) >= 11 is 5.80. The topological polar surface area (TPSA) is 75.6 Å². The maximum atomic E-state index is 13.2. The minimum Gasteiger partial charge on any atom is -0.352 e. The first-order valence-corrected chi connectivity index (χ1v) is 6.95. The van der Waals surface area contributed by atoms with Gasteiger partial charge in [0.1, 0.15) is 16.9 Å². The van der Waals surface area contributed by atoms with Crippen molar-refractivity contribution in [2.45, 2.75) is 38.9 Å². The number of nitrogens with zero attached hydrogens (tertiary/aromatic N) is 4. The maximum Gasteiger partial charge on any atom is 0.408 e. The van der Waals surface area contributed by atoms with E-state index in [0.717, 1.165) is 0 Å². The highest BCUT2D eigenvalue weighted by molar-refractivity contribution is 6.29. The van der Waals surface area contributed by atoms with Gasteiger partial charge in [-0.2, -0.15) is 28.1 Å². The molecule has 0 unspecified atom stereocenters. The molecule has 0 aromatic carbocycles. The smallest absolute Gasteiger partial charge is 0.352 e. The van der Waals surface area contributed by atoms with Crippen LogP contribution in [-0.4, -0.2) is 38.2 Å². The average molecular weight is 366 g/mol. The van der Waals surface area contributed by atoms with Crippen LogP contribution in [0.15, 0.2) is 18.2 Å². The Balaban J connectivity index is 2.56. The normalized spacial score (nSPS) is 17.0. The van der Waals surface area contributed by atoms with Crippen molar-refractivity contribution < 1.29 is 20.0 Å². The molecule has 0 bridgehead atoms. The standard InChI is InChI=1S/C14H16ClF3N6/c1-7(2)19-12-22-11(9-5-4-6-10(15)21-9)23-13(24-12)20-8(3)14(16,17)18/h4-8H,1-3H3,(H2,19,20,22,23,24)/t8-/m1/s1/i3D3,6D,7D. The summed E-state index contributed by atoms with van der Waals surface area (Å²) in [7, 11) is 0. The molecule has 0 spiro atoms. The summed E-state index contributed by atoms with van der Waals surface area (Å²) in [6.45, 7) is -0.551. The van der Waals surface area contributed by atoms with E-state index in [-0.39, 0.29) is 28.7 Å². The number of hydrogen-bond donors (Lipinski definition) is 2. The molecule has 2 aromatic heterocycles. The van der Waals surface area contributed by atoms with Gasteiger partial charge in [0.2, 0.25) is 11.9 Å². The molecule has 0 aliphatic rings. The van der Waals surface area contributed by atoms with Gasteiger partial charge in [0, 0.05) is 10.1 Å². The van der Waals surface area contributed by atoms with Crippen LogP contribution in [-0.2, 0) is 0 Å². The van der Waals surface area contributed by atoms with E-state index in [1.54, 1.807) is 5.32 Å². The van der Waals surface area contributed by atoms with Gasteiger partial charge in [0.25, 0.3) is 0 Å². The molecule has 6 nitrogen and oxygen atoms in total. The summed E-state index contributed by atoms with van der Waals surface area (Å²) < 4.78 is 76.4. The van der Waals surface area contributed by atoms with Crippen molar-refractivity contribution in [2.75, 3.05) is 10.6 Å². The van der Waals surface area contributed by atoms with Gasteiger partial charge in [-0.1, -0.05) is 17.7 Å². The van der Waals surface area contributed by atoms with Crippen LogP contribution in [0.5, 0.6) is 0 Å². The second-order valence-corrected chi connectivity index (χ2v) is 5.17. The largest absolute Gasteiger partial charge is 0.408 e. The third-order valence-corrected chi connectivity index (χ3v) is 2.68. The Hall–Kier alpha value is -2.16. The highest BCUT2D eigenvalue weighted by Gasteiger charge is 2.36. The summed E-state index contributed by atoms with van der Waals surface area (Å²) in [5, 5.41) is 4.13. The summed E-state index contributed by atoms with van der Waals surface area (Å²) in [5.41, 5.74) is 0.0136. The number of alkyl halides is 3. The van der Waals surface area contributed by atoms with E-state index in [1.807, 2.05) is 0 Å². The Morgan fingerprint density at radius 1 is 1.21 bits per heavy atom. The summed E-state index contributed by atoms with van der Waals surface area (Å²) in [4.78, 5) is 15.4. The lowest BCUT2D eigenvalue weighted by atomic mass is 10.3. The van der Waals surface area contributed by atoms with E-state index in [2.05, 4.69) is 25.3 Å². The molecular formula is C14H16ClF3N6. The molecule has 0 amide bonds. The third kappa shape index (κ3) is 4.92. The van der Waals surface area contributed by atoms with E-state index in [9.17, 15) is 13.2 Å². The molecule has 10 heteroatoms. The number of hydrogen-bond acceptors (Lipinski definition) is 6. The minimum absolute atomic E-state index is 0.0136. The van der Waals surface area contributed by atoms with E-state index in [1.165, 1.54) is 26.0 Å². The van der Waals surface area contributed by atoms with Crippen LogP contribution < -0.4 is 10.6 Å². The first kappa shape index (κ1) is 12.2. The first-order chi connectivity index (χ1) is 13.1. The fourth-order valence-electron chi connectivity index (χ4n) is 1.53. The molecule has 2 aromatic rings. The zero-order valence-corrected chi connectivity index (χ0v) is 13.3. The molecule has 0 radical (unpaired) electrons. The Kier molecular flexibility index (Phi) is 3.65. The van der Waals surface area contributed by atoms with Gasteiger partial charge in [0.05, 0.1) is 2.74 Å². The number of anilines is 2. The highest BCUT2D eigenvalue weighted by atomic mass is 35.5. The fourth-order valence-corrected chi connectivity index (χ4v) is 1.69. The van der Waals surface area contributed by atoms with Crippen molar-refractivity contribution >= 4 is 23.5 Å². The van der Waals surface area contributed by atoms with E-state index >= 15 is 0 Å². The van der Waals surface area contributed by atoms with Crippen LogP contribution in [0.25, 0.3) is 11.5 Å². The van der Waals surface area contributed by atoms with Crippen molar-refractivity contribution in [1.29, 1.82) is 0 Å². The predicted molar refractivity (Wildman–Crippen MR) is 86.0 cm³/mol. The second-order valence-electron chi connectivity index (χ2n) is 4.82. The molecule has 2 heterocycles. The second kappa shape index (κ2) is 7.16. The molecule has 0 aliphatic carbocycles. The zero-order chi connectivity index (χ0) is 22.2. The molecular weight excluding hydrogens is 345 g/mol. The van der Waals surface area contributed by atoms with Crippen LogP contribution in [0.2, 0.25) is 5.15 Å². The lowest BCUT2D eigenvalue weighted by Gasteiger charge is -2.18. The number of pyridine rings is 1. The number of halogens is 4.